The SMILES string of the molecule is O=C(O)c1ccc2ccccc2n1.O=C(O)c1ccc2ccccc2n1.[Cu]. The van der Waals surface area contributed by atoms with Gasteiger partial charge in [-0.1, -0.05) is 48.5 Å². The van der Waals surface area contributed by atoms with Crippen molar-refractivity contribution in [3.05, 3.63) is 84.2 Å². The van der Waals surface area contributed by atoms with Gasteiger partial charge < -0.3 is 10.2 Å². The van der Waals surface area contributed by atoms with Gasteiger partial charge in [-0.25, -0.2) is 19.6 Å². The van der Waals surface area contributed by atoms with Crippen LogP contribution in [0.3, 0.4) is 0 Å². The van der Waals surface area contributed by atoms with Crippen LogP contribution in [0.2, 0.25) is 0 Å². The van der Waals surface area contributed by atoms with E-state index >= 15 is 0 Å². The third-order valence-electron chi connectivity index (χ3n) is 3.64. The van der Waals surface area contributed by atoms with Gasteiger partial charge in [-0.3, -0.25) is 0 Å². The number of benzene rings is 2. The summed E-state index contributed by atoms with van der Waals surface area (Å²) in [5.41, 5.74) is 1.59. The van der Waals surface area contributed by atoms with Gasteiger partial charge in [0.1, 0.15) is 11.4 Å². The Morgan fingerprint density at radius 2 is 0.963 bits per heavy atom. The van der Waals surface area contributed by atoms with E-state index in [1.165, 1.54) is 12.1 Å². The summed E-state index contributed by atoms with van der Waals surface area (Å²) in [6.45, 7) is 0. The second kappa shape index (κ2) is 8.89. The van der Waals surface area contributed by atoms with Gasteiger partial charge in [-0.05, 0) is 24.3 Å². The maximum atomic E-state index is 10.6. The van der Waals surface area contributed by atoms with Crippen molar-refractivity contribution in [2.24, 2.45) is 0 Å². The molecule has 1 radical (unpaired) electrons. The van der Waals surface area contributed by atoms with E-state index in [-0.39, 0.29) is 28.5 Å². The second-order valence-corrected chi connectivity index (χ2v) is 5.39. The van der Waals surface area contributed by atoms with Crippen molar-refractivity contribution in [1.82, 2.24) is 9.97 Å². The molecule has 139 valence electrons. The molecule has 0 atom stereocenters. The minimum absolute atomic E-state index is 0. The average Bonchev–Trinajstić information content (AvgIpc) is 2.67. The third-order valence-corrected chi connectivity index (χ3v) is 3.64. The fourth-order valence-electron chi connectivity index (χ4n) is 2.37. The van der Waals surface area contributed by atoms with Crippen LogP contribution in [0.1, 0.15) is 21.0 Å². The Kier molecular flexibility index (Phi) is 6.60. The molecule has 0 unspecified atom stereocenters. The van der Waals surface area contributed by atoms with Crippen LogP contribution in [0.25, 0.3) is 21.8 Å². The van der Waals surface area contributed by atoms with Crippen molar-refractivity contribution in [2.75, 3.05) is 0 Å². The summed E-state index contributed by atoms with van der Waals surface area (Å²) in [5, 5.41) is 19.3. The molecule has 2 heterocycles. The summed E-state index contributed by atoms with van der Waals surface area (Å²) in [6, 6.07) is 21.4. The topological polar surface area (TPSA) is 100 Å². The minimum Gasteiger partial charge on any atom is -0.477 e. The molecule has 2 aromatic heterocycles. The molecule has 0 aliphatic carbocycles. The second-order valence-electron chi connectivity index (χ2n) is 5.39. The molecule has 2 N–H and O–H groups in total. The number of carboxylic acid groups (broad SMARTS) is 2. The van der Waals surface area contributed by atoms with Crippen LogP contribution in [0.4, 0.5) is 0 Å². The Labute approximate surface area is 165 Å². The average molecular weight is 410 g/mol. The van der Waals surface area contributed by atoms with Gasteiger partial charge in [-0.15, -0.1) is 0 Å². The number of fused-ring (bicyclic) bond motifs is 2. The smallest absolute Gasteiger partial charge is 0.354 e. The van der Waals surface area contributed by atoms with Gasteiger partial charge in [0.05, 0.1) is 11.0 Å². The maximum absolute atomic E-state index is 10.6. The van der Waals surface area contributed by atoms with Gasteiger partial charge in [0.2, 0.25) is 0 Å². The Hall–Kier alpha value is -3.28. The van der Waals surface area contributed by atoms with E-state index in [9.17, 15) is 9.59 Å². The van der Waals surface area contributed by atoms with Crippen molar-refractivity contribution in [1.29, 1.82) is 0 Å². The maximum Gasteiger partial charge on any atom is 0.354 e. The first-order valence-electron chi connectivity index (χ1n) is 7.73. The third kappa shape index (κ3) is 4.88. The Balaban J connectivity index is 0.000000187. The first kappa shape index (κ1) is 20.0. The van der Waals surface area contributed by atoms with Crippen LogP contribution >= 0.6 is 0 Å². The van der Waals surface area contributed by atoms with Crippen molar-refractivity contribution in [2.45, 2.75) is 0 Å². The zero-order chi connectivity index (χ0) is 18.5. The van der Waals surface area contributed by atoms with Crippen LogP contribution in [-0.4, -0.2) is 32.1 Å². The van der Waals surface area contributed by atoms with Gasteiger partial charge in [0, 0.05) is 27.8 Å². The van der Waals surface area contributed by atoms with E-state index < -0.39 is 11.9 Å². The summed E-state index contributed by atoms with van der Waals surface area (Å²) < 4.78 is 0. The molecular formula is C20H14CuN2O4. The van der Waals surface area contributed by atoms with Crippen LogP contribution in [-0.2, 0) is 17.1 Å². The normalized spacial score (nSPS) is 9.78. The Morgan fingerprint density at radius 1 is 0.593 bits per heavy atom. The zero-order valence-corrected chi connectivity index (χ0v) is 14.8. The monoisotopic (exact) mass is 409 g/mol. The van der Waals surface area contributed by atoms with E-state index in [1.807, 2.05) is 36.4 Å². The first-order valence-corrected chi connectivity index (χ1v) is 7.73. The van der Waals surface area contributed by atoms with Crippen molar-refractivity contribution >= 4 is 33.7 Å². The van der Waals surface area contributed by atoms with Crippen LogP contribution in [0, 0.1) is 0 Å². The van der Waals surface area contributed by atoms with E-state index in [4.69, 9.17) is 10.2 Å². The molecule has 4 aromatic rings. The molecule has 2 aromatic carbocycles. The van der Waals surface area contributed by atoms with E-state index in [1.54, 1.807) is 24.3 Å². The largest absolute Gasteiger partial charge is 0.477 e. The number of carboxylic acids is 2. The van der Waals surface area contributed by atoms with Gasteiger partial charge in [0.15, 0.2) is 0 Å². The number of aromatic nitrogens is 2. The molecule has 27 heavy (non-hydrogen) atoms. The quantitative estimate of drug-likeness (QED) is 0.487. The molecule has 0 fully saturated rings. The van der Waals surface area contributed by atoms with Crippen LogP contribution < -0.4 is 0 Å². The summed E-state index contributed by atoms with van der Waals surface area (Å²) in [6.07, 6.45) is 0. The number of para-hydroxylation sites is 2. The molecule has 0 aliphatic rings. The molecular weight excluding hydrogens is 396 g/mol. The molecule has 7 heteroatoms. The molecule has 0 saturated carbocycles. The number of carbonyl (C=O) groups is 2. The predicted octanol–water partition coefficient (Wildman–Crippen LogP) is 3.86. The van der Waals surface area contributed by atoms with Gasteiger partial charge in [0.25, 0.3) is 0 Å². The van der Waals surface area contributed by atoms with Crippen LogP contribution in [0.5, 0.6) is 0 Å². The number of nitrogens with zero attached hydrogens (tertiary/aromatic N) is 2. The molecule has 0 bridgehead atoms. The molecule has 6 nitrogen and oxygen atoms in total. The molecule has 0 saturated heterocycles. The number of rotatable bonds is 2. The molecule has 0 aliphatic heterocycles. The summed E-state index contributed by atoms with van der Waals surface area (Å²) in [4.78, 5) is 29.1. The summed E-state index contributed by atoms with van der Waals surface area (Å²) >= 11 is 0. The van der Waals surface area contributed by atoms with E-state index in [0.29, 0.717) is 11.0 Å². The fraction of sp³-hybridized carbons (Fsp3) is 0. The molecule has 4 rings (SSSR count). The van der Waals surface area contributed by atoms with Crippen LogP contribution in [0.15, 0.2) is 72.8 Å². The standard InChI is InChI=1S/2C10H7NO2.Cu/c2*12-10(13)9-6-5-7-3-1-2-4-8(7)11-9;/h2*1-6H,(H,12,13);. The van der Waals surface area contributed by atoms with Crippen molar-refractivity contribution in [3.63, 3.8) is 0 Å². The number of hydrogen-bond donors (Lipinski definition) is 2. The van der Waals surface area contributed by atoms with Crippen molar-refractivity contribution in [3.8, 4) is 0 Å². The zero-order valence-electron chi connectivity index (χ0n) is 13.8. The summed E-state index contributed by atoms with van der Waals surface area (Å²) in [7, 11) is 0. The van der Waals surface area contributed by atoms with Gasteiger partial charge in [-0.2, -0.15) is 0 Å². The Bertz CT molecular complexity index is 1030. The van der Waals surface area contributed by atoms with Gasteiger partial charge >= 0.3 is 11.9 Å². The van der Waals surface area contributed by atoms with E-state index in [0.717, 1.165) is 10.8 Å². The number of hydrogen-bond acceptors (Lipinski definition) is 4. The number of pyridine rings is 2. The summed E-state index contributed by atoms with van der Waals surface area (Å²) in [5.74, 6) is -1.99. The molecule has 0 spiro atoms. The predicted molar refractivity (Wildman–Crippen MR) is 97.4 cm³/mol. The Morgan fingerprint density at radius 3 is 1.33 bits per heavy atom. The fourth-order valence-corrected chi connectivity index (χ4v) is 2.37. The van der Waals surface area contributed by atoms with E-state index in [2.05, 4.69) is 9.97 Å². The first-order chi connectivity index (χ1) is 12.5. The molecule has 0 amide bonds. The van der Waals surface area contributed by atoms with Crippen molar-refractivity contribution < 1.29 is 36.9 Å². The number of aromatic carboxylic acids is 2. The minimum atomic E-state index is -0.995.